The predicted molar refractivity (Wildman–Crippen MR) is 210 cm³/mol. The van der Waals surface area contributed by atoms with Gasteiger partial charge in [-0.1, -0.05) is 121 Å². The first-order valence-corrected chi connectivity index (χ1v) is 17.6. The molecule has 1 unspecified atom stereocenters. The van der Waals surface area contributed by atoms with Gasteiger partial charge in [0.05, 0.1) is 0 Å². The van der Waals surface area contributed by atoms with Gasteiger partial charge < -0.3 is 9.64 Å². The van der Waals surface area contributed by atoms with Crippen molar-refractivity contribution in [2.24, 2.45) is 0 Å². The third kappa shape index (κ3) is 5.80. The van der Waals surface area contributed by atoms with E-state index in [1.807, 2.05) is 0 Å². The maximum absolute atomic E-state index is 6.40. The van der Waals surface area contributed by atoms with Crippen molar-refractivity contribution in [3.05, 3.63) is 199 Å². The smallest absolute Gasteiger partial charge is 0.128 e. The molecule has 3 aliphatic rings. The first kappa shape index (κ1) is 30.0. The largest absolute Gasteiger partial charge is 0.485 e. The van der Waals surface area contributed by atoms with Gasteiger partial charge in [0.1, 0.15) is 11.9 Å². The number of nitrogens with zero attached hydrogens (tertiary/aromatic N) is 1. The summed E-state index contributed by atoms with van der Waals surface area (Å²) in [5.41, 5.74) is 15.7. The molecule has 2 nitrogen and oxygen atoms in total. The van der Waals surface area contributed by atoms with Gasteiger partial charge in [-0.25, -0.2) is 0 Å². The summed E-state index contributed by atoms with van der Waals surface area (Å²) >= 11 is 0. The molecule has 1 heterocycles. The van der Waals surface area contributed by atoms with E-state index in [2.05, 4.69) is 187 Å². The molecule has 0 saturated heterocycles. The van der Waals surface area contributed by atoms with Crippen molar-refractivity contribution in [1.82, 2.24) is 0 Å². The number of fused-ring (bicyclic) bond motifs is 3. The summed E-state index contributed by atoms with van der Waals surface area (Å²) in [7, 11) is 0. The Morgan fingerprint density at radius 3 is 1.92 bits per heavy atom. The number of ether oxygens (including phenoxy) is 1. The van der Waals surface area contributed by atoms with E-state index >= 15 is 0 Å². The minimum Gasteiger partial charge on any atom is -0.485 e. The predicted octanol–water partition coefficient (Wildman–Crippen LogP) is 12.9. The van der Waals surface area contributed by atoms with Crippen LogP contribution < -0.4 is 9.64 Å². The summed E-state index contributed by atoms with van der Waals surface area (Å²) in [6.07, 6.45) is 14.7. The van der Waals surface area contributed by atoms with Crippen molar-refractivity contribution in [3.8, 4) is 28.0 Å². The Hall–Kier alpha value is -6.12. The van der Waals surface area contributed by atoms with Gasteiger partial charge in [-0.2, -0.15) is 0 Å². The number of hydrogen-bond acceptors (Lipinski definition) is 2. The van der Waals surface area contributed by atoms with Gasteiger partial charge in [-0.3, -0.25) is 0 Å². The van der Waals surface area contributed by atoms with Crippen molar-refractivity contribution < 1.29 is 4.74 Å². The van der Waals surface area contributed by atoms with Crippen molar-refractivity contribution >= 4 is 33.8 Å². The Kier molecular flexibility index (Phi) is 7.83. The molecular weight excluding hydrogens is 607 g/mol. The third-order valence-electron chi connectivity index (χ3n) is 9.98. The van der Waals surface area contributed by atoms with Gasteiger partial charge in [0.15, 0.2) is 0 Å². The van der Waals surface area contributed by atoms with Crippen LogP contribution in [0.15, 0.2) is 182 Å². The fraction of sp³-hybridized carbons (Fsp3) is 0.0833. The summed E-state index contributed by atoms with van der Waals surface area (Å²) < 4.78 is 6.40. The van der Waals surface area contributed by atoms with Crippen LogP contribution >= 0.6 is 0 Å². The summed E-state index contributed by atoms with van der Waals surface area (Å²) in [5, 5.41) is 0. The van der Waals surface area contributed by atoms with E-state index in [4.69, 9.17) is 4.74 Å². The third-order valence-corrected chi connectivity index (χ3v) is 9.98. The van der Waals surface area contributed by atoms with Crippen LogP contribution in [0.3, 0.4) is 0 Å². The van der Waals surface area contributed by atoms with E-state index in [1.54, 1.807) is 0 Å². The van der Waals surface area contributed by atoms with Gasteiger partial charge in [-0.05, 0) is 118 Å². The van der Waals surface area contributed by atoms with Crippen LogP contribution in [0.5, 0.6) is 5.75 Å². The van der Waals surface area contributed by atoms with Gasteiger partial charge in [0.25, 0.3) is 0 Å². The van der Waals surface area contributed by atoms with Crippen molar-refractivity contribution in [2.45, 2.75) is 25.4 Å². The lowest BCUT2D eigenvalue weighted by Gasteiger charge is -2.26. The van der Waals surface area contributed by atoms with Crippen LogP contribution in [0.25, 0.3) is 39.0 Å². The van der Waals surface area contributed by atoms with Crippen LogP contribution in [0.2, 0.25) is 0 Å². The average molecular weight is 644 g/mol. The molecule has 0 saturated carbocycles. The Balaban J connectivity index is 1.01. The van der Waals surface area contributed by atoms with Gasteiger partial charge in [0, 0.05) is 34.6 Å². The zero-order valence-electron chi connectivity index (χ0n) is 27.9. The average Bonchev–Trinajstić information content (AvgIpc) is 3.57. The van der Waals surface area contributed by atoms with Crippen molar-refractivity contribution in [3.63, 3.8) is 0 Å². The number of benzene rings is 6. The standard InChI is InChI=1S/C48H37NO/c1-4-12-34(13-5-1)39-18-11-21-44(31-39)49(42-19-8-3-9-20-42)43-26-22-36(23-27-43)37-16-10-17-38(30-37)41-25-29-48-46(33-41)45-32-40(24-28-47(45)50-48)35-14-6-2-7-15-35/h1,3-6,8-28,30-33,48H,2,7,29H2. The molecule has 2 aliphatic carbocycles. The lowest BCUT2D eigenvalue weighted by atomic mass is 9.88. The highest BCUT2D eigenvalue weighted by atomic mass is 16.5. The number of rotatable bonds is 7. The Morgan fingerprint density at radius 2 is 1.12 bits per heavy atom. The summed E-state index contributed by atoms with van der Waals surface area (Å²) in [6.45, 7) is 0. The summed E-state index contributed by atoms with van der Waals surface area (Å²) in [6, 6.07) is 54.5. The number of hydrogen-bond donors (Lipinski definition) is 0. The second-order valence-corrected chi connectivity index (χ2v) is 13.2. The topological polar surface area (TPSA) is 12.5 Å². The van der Waals surface area contributed by atoms with E-state index in [1.165, 1.54) is 55.7 Å². The molecule has 0 aromatic heterocycles. The van der Waals surface area contributed by atoms with Gasteiger partial charge in [-0.15, -0.1) is 0 Å². The van der Waals surface area contributed by atoms with Crippen molar-refractivity contribution in [1.29, 1.82) is 0 Å². The van der Waals surface area contributed by atoms with E-state index < -0.39 is 0 Å². The minimum atomic E-state index is 0.0801. The van der Waals surface area contributed by atoms with E-state index in [9.17, 15) is 0 Å². The van der Waals surface area contributed by atoms with E-state index in [0.29, 0.717) is 0 Å². The number of allylic oxidation sites excluding steroid dienone is 6. The number of anilines is 3. The first-order valence-electron chi connectivity index (χ1n) is 17.6. The highest BCUT2D eigenvalue weighted by Gasteiger charge is 2.31. The zero-order chi connectivity index (χ0) is 33.3. The maximum atomic E-state index is 6.40. The molecule has 9 rings (SSSR count). The molecule has 0 fully saturated rings. The maximum Gasteiger partial charge on any atom is 0.128 e. The lowest BCUT2D eigenvalue weighted by molar-refractivity contribution is 0.279. The molecule has 0 spiro atoms. The molecule has 2 heteroatoms. The number of para-hydroxylation sites is 1. The molecule has 240 valence electrons. The van der Waals surface area contributed by atoms with Crippen LogP contribution in [0.4, 0.5) is 17.1 Å². The Bertz CT molecular complexity index is 2310. The molecule has 50 heavy (non-hydrogen) atoms. The van der Waals surface area contributed by atoms with Crippen molar-refractivity contribution in [2.75, 3.05) is 4.90 Å². The Morgan fingerprint density at radius 1 is 0.480 bits per heavy atom. The van der Waals surface area contributed by atoms with E-state index in [0.717, 1.165) is 42.1 Å². The van der Waals surface area contributed by atoms with Crippen LogP contribution in [0, 0.1) is 0 Å². The lowest BCUT2D eigenvalue weighted by Crippen LogP contribution is -2.13. The molecule has 0 amide bonds. The first-order chi connectivity index (χ1) is 24.8. The highest BCUT2D eigenvalue weighted by Crippen LogP contribution is 2.45. The normalized spacial score (nSPS) is 16.0. The molecule has 1 atom stereocenters. The zero-order valence-corrected chi connectivity index (χ0v) is 27.9. The molecule has 0 bridgehead atoms. The summed E-state index contributed by atoms with van der Waals surface area (Å²) in [5.74, 6) is 0.991. The fourth-order valence-corrected chi connectivity index (χ4v) is 7.42. The van der Waals surface area contributed by atoms with E-state index in [-0.39, 0.29) is 6.10 Å². The van der Waals surface area contributed by atoms with Crippen LogP contribution in [0.1, 0.15) is 36.0 Å². The molecule has 0 radical (unpaired) electrons. The molecule has 0 N–H and O–H groups in total. The Labute approximate surface area is 294 Å². The minimum absolute atomic E-state index is 0.0801. The molecule has 1 aliphatic heterocycles. The molecule has 6 aromatic rings. The van der Waals surface area contributed by atoms with Crippen LogP contribution in [-0.2, 0) is 0 Å². The SMILES string of the molecule is C1=CC(c2ccc3c(c2)C2=CC(c4cccc(-c5ccc(N(c6ccccc6)c6cccc(-c7ccccc7)c6)cc5)c4)=CCC2O3)=CCC1. The monoisotopic (exact) mass is 643 g/mol. The summed E-state index contributed by atoms with van der Waals surface area (Å²) in [4.78, 5) is 2.33. The highest BCUT2D eigenvalue weighted by molar-refractivity contribution is 5.92. The van der Waals surface area contributed by atoms with Gasteiger partial charge >= 0.3 is 0 Å². The second kappa shape index (κ2) is 13.1. The molecular formula is C48H37NO. The molecule has 6 aromatic carbocycles. The van der Waals surface area contributed by atoms with Crippen LogP contribution in [-0.4, -0.2) is 6.10 Å². The quantitative estimate of drug-likeness (QED) is 0.172. The fourth-order valence-electron chi connectivity index (χ4n) is 7.42. The second-order valence-electron chi connectivity index (χ2n) is 13.2. The van der Waals surface area contributed by atoms with Gasteiger partial charge in [0.2, 0.25) is 0 Å².